The zero-order valence-corrected chi connectivity index (χ0v) is 14.0. The monoisotopic (exact) mass is 336 g/mol. The molecular weight excluding hydrogens is 316 g/mol. The molecule has 5 nitrogen and oxygen atoms in total. The quantitative estimate of drug-likeness (QED) is 0.620. The highest BCUT2D eigenvalue weighted by Gasteiger charge is 2.38. The van der Waals surface area contributed by atoms with E-state index in [4.69, 9.17) is 13.9 Å². The minimum atomic E-state index is -0.440. The first kappa shape index (κ1) is 16.2. The number of thiophene rings is 1. The van der Waals surface area contributed by atoms with Gasteiger partial charge in [0.05, 0.1) is 12.2 Å². The maximum absolute atomic E-state index is 12.3. The molecule has 1 N–H and O–H groups in total. The van der Waals surface area contributed by atoms with E-state index in [0.29, 0.717) is 23.8 Å². The fourth-order valence-corrected chi connectivity index (χ4v) is 3.95. The summed E-state index contributed by atoms with van der Waals surface area (Å²) in [5.41, 5.74) is -0.0608. The summed E-state index contributed by atoms with van der Waals surface area (Å²) >= 11 is 1.60. The molecule has 0 radical (unpaired) electrons. The van der Waals surface area contributed by atoms with Crippen LogP contribution in [0.25, 0.3) is 0 Å². The maximum Gasteiger partial charge on any atom is 0.343 e. The SMILES string of the molecule is COCOCc1ccc(C(c2c(O)cc(C)oc2=O)C2CC2)s1. The van der Waals surface area contributed by atoms with E-state index in [9.17, 15) is 9.90 Å². The molecule has 0 aromatic carbocycles. The van der Waals surface area contributed by atoms with Crippen LogP contribution in [0.15, 0.2) is 27.4 Å². The van der Waals surface area contributed by atoms with Crippen LogP contribution in [-0.2, 0) is 16.1 Å². The topological polar surface area (TPSA) is 68.9 Å². The van der Waals surface area contributed by atoms with Crippen LogP contribution in [0.4, 0.5) is 0 Å². The Hall–Kier alpha value is -1.63. The van der Waals surface area contributed by atoms with Crippen LogP contribution < -0.4 is 5.63 Å². The van der Waals surface area contributed by atoms with Crippen molar-refractivity contribution in [1.82, 2.24) is 0 Å². The van der Waals surface area contributed by atoms with Crippen LogP contribution in [0.2, 0.25) is 0 Å². The second-order valence-corrected chi connectivity index (χ2v) is 7.02. The highest BCUT2D eigenvalue weighted by Crippen LogP contribution is 2.49. The number of aryl methyl sites for hydroxylation is 1. The van der Waals surface area contributed by atoms with Gasteiger partial charge in [0.25, 0.3) is 0 Å². The Morgan fingerprint density at radius 3 is 2.87 bits per heavy atom. The Morgan fingerprint density at radius 2 is 2.22 bits per heavy atom. The van der Waals surface area contributed by atoms with E-state index in [2.05, 4.69) is 0 Å². The summed E-state index contributed by atoms with van der Waals surface area (Å²) in [4.78, 5) is 14.4. The molecule has 0 saturated heterocycles. The Labute approximate surface area is 138 Å². The molecule has 0 amide bonds. The van der Waals surface area contributed by atoms with Gasteiger partial charge in [0.2, 0.25) is 0 Å². The van der Waals surface area contributed by atoms with Gasteiger partial charge in [0.1, 0.15) is 18.3 Å². The standard InChI is InChI=1S/C17H20O5S/c1-10-7-13(18)16(17(19)22-10)15(11-3-4-11)14-6-5-12(23-14)8-21-9-20-2/h5-7,11,15,18H,3-4,8-9H2,1-2H3. The minimum absolute atomic E-state index is 0.0289. The molecule has 23 heavy (non-hydrogen) atoms. The molecule has 2 aromatic rings. The molecule has 2 aromatic heterocycles. The van der Waals surface area contributed by atoms with E-state index >= 15 is 0 Å². The van der Waals surface area contributed by atoms with Crippen molar-refractivity contribution in [3.63, 3.8) is 0 Å². The zero-order valence-electron chi connectivity index (χ0n) is 13.2. The molecule has 1 unspecified atom stereocenters. The lowest BCUT2D eigenvalue weighted by atomic mass is 9.93. The van der Waals surface area contributed by atoms with Gasteiger partial charge >= 0.3 is 5.63 Å². The Bertz CT molecular complexity index is 729. The highest BCUT2D eigenvalue weighted by atomic mass is 32.1. The van der Waals surface area contributed by atoms with Gasteiger partial charge in [-0.05, 0) is 37.8 Å². The van der Waals surface area contributed by atoms with Crippen molar-refractivity contribution < 1.29 is 19.0 Å². The van der Waals surface area contributed by atoms with Gasteiger partial charge in [-0.2, -0.15) is 0 Å². The average molecular weight is 336 g/mol. The summed E-state index contributed by atoms with van der Waals surface area (Å²) in [5, 5.41) is 10.3. The lowest BCUT2D eigenvalue weighted by Crippen LogP contribution is -2.15. The predicted molar refractivity (Wildman–Crippen MR) is 86.9 cm³/mol. The molecule has 6 heteroatoms. The van der Waals surface area contributed by atoms with E-state index in [1.165, 1.54) is 6.07 Å². The van der Waals surface area contributed by atoms with Crippen LogP contribution in [0.3, 0.4) is 0 Å². The third-order valence-corrected chi connectivity index (χ3v) is 5.07. The first-order chi connectivity index (χ1) is 11.1. The van der Waals surface area contributed by atoms with Crippen LogP contribution in [0.5, 0.6) is 5.75 Å². The molecule has 2 heterocycles. The van der Waals surface area contributed by atoms with Gasteiger partial charge in [0, 0.05) is 28.8 Å². The summed E-state index contributed by atoms with van der Waals surface area (Å²) < 4.78 is 15.4. The molecule has 3 rings (SSSR count). The summed E-state index contributed by atoms with van der Waals surface area (Å²) in [7, 11) is 1.59. The second kappa shape index (κ2) is 6.86. The first-order valence-corrected chi connectivity index (χ1v) is 8.40. The predicted octanol–water partition coefficient (Wildman–Crippen LogP) is 3.38. The van der Waals surface area contributed by atoms with Crippen molar-refractivity contribution in [3.05, 3.63) is 49.7 Å². The van der Waals surface area contributed by atoms with Crippen molar-refractivity contribution in [2.45, 2.75) is 32.3 Å². The summed E-state index contributed by atoms with van der Waals surface area (Å²) in [6.07, 6.45) is 2.12. The van der Waals surface area contributed by atoms with Crippen molar-refractivity contribution in [2.75, 3.05) is 13.9 Å². The van der Waals surface area contributed by atoms with E-state index in [0.717, 1.165) is 22.6 Å². The highest BCUT2D eigenvalue weighted by molar-refractivity contribution is 7.12. The van der Waals surface area contributed by atoms with Gasteiger partial charge in [-0.1, -0.05) is 0 Å². The lowest BCUT2D eigenvalue weighted by molar-refractivity contribution is -0.0381. The molecule has 0 spiro atoms. The molecule has 124 valence electrons. The minimum Gasteiger partial charge on any atom is -0.507 e. The van der Waals surface area contributed by atoms with Crippen LogP contribution in [0.1, 0.15) is 39.8 Å². The van der Waals surface area contributed by atoms with Crippen LogP contribution in [-0.4, -0.2) is 19.0 Å². The normalized spacial score (nSPS) is 15.7. The molecule has 0 aliphatic heterocycles. The summed E-state index contributed by atoms with van der Waals surface area (Å²) in [6, 6.07) is 5.53. The third-order valence-electron chi connectivity index (χ3n) is 3.93. The Balaban J connectivity index is 1.90. The van der Waals surface area contributed by atoms with Gasteiger partial charge in [-0.15, -0.1) is 11.3 Å². The molecule has 1 aliphatic rings. The van der Waals surface area contributed by atoms with Crippen molar-refractivity contribution in [3.8, 4) is 5.75 Å². The maximum atomic E-state index is 12.3. The van der Waals surface area contributed by atoms with Crippen LogP contribution >= 0.6 is 11.3 Å². The second-order valence-electron chi connectivity index (χ2n) is 5.82. The number of aromatic hydroxyl groups is 1. The smallest absolute Gasteiger partial charge is 0.343 e. The number of hydrogen-bond donors (Lipinski definition) is 1. The van der Waals surface area contributed by atoms with Gasteiger partial charge in [0.15, 0.2) is 0 Å². The van der Waals surface area contributed by atoms with Crippen molar-refractivity contribution in [1.29, 1.82) is 0 Å². The van der Waals surface area contributed by atoms with Gasteiger partial charge in [-0.3, -0.25) is 0 Å². The van der Waals surface area contributed by atoms with E-state index in [-0.39, 0.29) is 18.5 Å². The average Bonchev–Trinajstić information content (AvgIpc) is 3.22. The van der Waals surface area contributed by atoms with Crippen LogP contribution in [0, 0.1) is 12.8 Å². The number of methoxy groups -OCH3 is 1. The Morgan fingerprint density at radius 1 is 1.43 bits per heavy atom. The van der Waals surface area contributed by atoms with Gasteiger partial charge in [-0.25, -0.2) is 4.79 Å². The third kappa shape index (κ3) is 3.65. The summed E-state index contributed by atoms with van der Waals surface area (Å²) in [6.45, 7) is 2.39. The molecular formula is C17H20O5S. The summed E-state index contributed by atoms with van der Waals surface area (Å²) in [5.74, 6) is 0.734. The molecule has 1 saturated carbocycles. The van der Waals surface area contributed by atoms with E-state index < -0.39 is 5.63 Å². The van der Waals surface area contributed by atoms with Crippen molar-refractivity contribution >= 4 is 11.3 Å². The largest absolute Gasteiger partial charge is 0.507 e. The van der Waals surface area contributed by atoms with Crippen molar-refractivity contribution in [2.24, 2.45) is 5.92 Å². The number of ether oxygens (including phenoxy) is 2. The molecule has 0 bridgehead atoms. The van der Waals surface area contributed by atoms with E-state index in [1.807, 2.05) is 12.1 Å². The molecule has 1 atom stereocenters. The molecule has 1 fully saturated rings. The zero-order chi connectivity index (χ0) is 16.4. The lowest BCUT2D eigenvalue weighted by Gasteiger charge is -2.15. The first-order valence-electron chi connectivity index (χ1n) is 7.59. The number of rotatable bonds is 7. The fraction of sp³-hybridized carbons (Fsp3) is 0.471. The Kier molecular flexibility index (Phi) is 4.84. The van der Waals surface area contributed by atoms with E-state index in [1.54, 1.807) is 25.4 Å². The number of hydrogen-bond acceptors (Lipinski definition) is 6. The fourth-order valence-electron chi connectivity index (χ4n) is 2.80. The molecule has 1 aliphatic carbocycles. The van der Waals surface area contributed by atoms with Gasteiger partial charge < -0.3 is 19.0 Å².